The number of hydrogen-bond acceptors (Lipinski definition) is 4. The maximum atomic E-state index is 14.2. The summed E-state index contributed by atoms with van der Waals surface area (Å²) in [4.78, 5) is 16.7. The van der Waals surface area contributed by atoms with E-state index in [4.69, 9.17) is 4.74 Å². The summed E-state index contributed by atoms with van der Waals surface area (Å²) < 4.78 is 62.6. The van der Waals surface area contributed by atoms with E-state index in [0.717, 1.165) is 30.7 Å². The minimum atomic E-state index is -4.58. The SMILES string of the molecule is Cn1nc(C2(c3cccc(N4Cc5c(cc(CNC6(C)CCC6)cc5C(F)(F)F)C4=O)c3)CC(OCF)C2)n1C.[HH]. The summed E-state index contributed by atoms with van der Waals surface area (Å²) in [5.41, 5.74) is 0.539. The normalized spacial score (nSPS) is 23.7. The predicted molar refractivity (Wildman–Crippen MR) is 143 cm³/mol. The minimum Gasteiger partial charge on any atom is -0.347 e. The summed E-state index contributed by atoms with van der Waals surface area (Å²) in [5, 5.41) is 7.92. The number of rotatable bonds is 8. The van der Waals surface area contributed by atoms with Gasteiger partial charge in [-0.05, 0) is 80.0 Å². The van der Waals surface area contributed by atoms with Gasteiger partial charge in [0.1, 0.15) is 0 Å². The summed E-state index contributed by atoms with van der Waals surface area (Å²) in [6.45, 7) is 1.30. The topological polar surface area (TPSA) is 64.3 Å². The zero-order valence-electron chi connectivity index (χ0n) is 22.8. The van der Waals surface area contributed by atoms with E-state index in [-0.39, 0.29) is 37.3 Å². The molecule has 0 radical (unpaired) electrons. The fourth-order valence-corrected chi connectivity index (χ4v) is 6.45. The second-order valence-electron chi connectivity index (χ2n) is 11.7. The number of hydrogen-bond donors (Lipinski definition) is 1. The standard InChI is InChI=1S/C29H33F4N5O2.H2/c1-27(8-5-9-27)34-15-18-10-22-23(24(11-18)29(31,32)33)16-38(25(22)39)20-7-4-6-19(12-20)28(13-21(14-28)40-17-30)26-35-37(3)36(26)2;/h4,6-7,10-12,21,34H,5,8-9,13-17H2,1-3H3;1H. The van der Waals surface area contributed by atoms with Crippen molar-refractivity contribution in [1.82, 2.24) is 19.9 Å². The number of halogens is 4. The van der Waals surface area contributed by atoms with E-state index in [2.05, 4.69) is 17.3 Å². The lowest BCUT2D eigenvalue weighted by atomic mass is 9.61. The highest BCUT2D eigenvalue weighted by Gasteiger charge is 2.52. The summed E-state index contributed by atoms with van der Waals surface area (Å²) in [5.74, 6) is 0.354. The summed E-state index contributed by atoms with van der Waals surface area (Å²) in [6, 6.07) is 10.1. The molecule has 7 nitrogen and oxygen atoms in total. The van der Waals surface area contributed by atoms with Crippen molar-refractivity contribution in [2.45, 2.75) is 75.4 Å². The quantitative estimate of drug-likeness (QED) is 0.364. The number of fused-ring (bicyclic) bond motifs is 1. The van der Waals surface area contributed by atoms with Gasteiger partial charge in [-0.25, -0.2) is 9.19 Å². The van der Waals surface area contributed by atoms with E-state index < -0.39 is 29.9 Å². The summed E-state index contributed by atoms with van der Waals surface area (Å²) >= 11 is 0. The molecule has 0 atom stereocenters. The average Bonchev–Trinajstić information content (AvgIpc) is 3.22. The number of amides is 1. The van der Waals surface area contributed by atoms with Crippen molar-refractivity contribution in [1.29, 1.82) is 0 Å². The Bertz CT molecular complexity index is 1460. The minimum absolute atomic E-state index is 0. The van der Waals surface area contributed by atoms with Crippen LogP contribution in [0.25, 0.3) is 0 Å². The number of alkyl halides is 4. The van der Waals surface area contributed by atoms with E-state index in [0.29, 0.717) is 24.1 Å². The Balaban J connectivity index is 0.00000337. The smallest absolute Gasteiger partial charge is 0.347 e. The Hall–Kier alpha value is -3.18. The Morgan fingerprint density at radius 3 is 2.52 bits per heavy atom. The molecule has 40 heavy (non-hydrogen) atoms. The summed E-state index contributed by atoms with van der Waals surface area (Å²) in [7, 11) is 3.70. The van der Waals surface area contributed by atoms with Gasteiger partial charge in [-0.1, -0.05) is 12.1 Å². The van der Waals surface area contributed by atoms with Gasteiger partial charge in [-0.15, -0.1) is 5.10 Å². The van der Waals surface area contributed by atoms with E-state index >= 15 is 0 Å². The predicted octanol–water partition coefficient (Wildman–Crippen LogP) is 5.61. The van der Waals surface area contributed by atoms with Crippen molar-refractivity contribution >= 4 is 11.6 Å². The number of ether oxygens (including phenoxy) is 1. The van der Waals surface area contributed by atoms with E-state index in [1.165, 1.54) is 11.0 Å². The van der Waals surface area contributed by atoms with Gasteiger partial charge in [-0.2, -0.15) is 13.2 Å². The zero-order chi connectivity index (χ0) is 28.4. The number of aromatic nitrogens is 3. The van der Waals surface area contributed by atoms with Crippen molar-refractivity contribution in [3.05, 3.63) is 70.0 Å². The Kier molecular flexibility index (Phi) is 6.38. The molecule has 0 unspecified atom stereocenters. The van der Waals surface area contributed by atoms with E-state index in [9.17, 15) is 22.4 Å². The molecule has 2 fully saturated rings. The van der Waals surface area contributed by atoms with Crippen LogP contribution in [-0.2, 0) is 43.5 Å². The molecule has 0 saturated heterocycles. The molecule has 216 valence electrons. The second-order valence-corrected chi connectivity index (χ2v) is 11.7. The third-order valence-electron chi connectivity index (χ3n) is 9.15. The van der Waals surface area contributed by atoms with Gasteiger partial charge in [0, 0.05) is 38.9 Å². The molecule has 1 amide bonds. The maximum absolute atomic E-state index is 14.2. The van der Waals surface area contributed by atoms with E-state index in [1.807, 2.05) is 30.9 Å². The molecule has 0 spiro atoms. The lowest BCUT2D eigenvalue weighted by Crippen LogP contribution is -2.52. The highest BCUT2D eigenvalue weighted by atomic mass is 19.4. The monoisotopic (exact) mass is 561 g/mol. The first-order valence-corrected chi connectivity index (χ1v) is 13.6. The summed E-state index contributed by atoms with van der Waals surface area (Å²) in [6.07, 6.45) is -0.769. The van der Waals surface area contributed by atoms with Crippen molar-refractivity contribution in [3.8, 4) is 0 Å². The molecule has 0 bridgehead atoms. The molecule has 1 aromatic heterocycles. The average molecular weight is 562 g/mol. The largest absolute Gasteiger partial charge is 0.416 e. The first-order chi connectivity index (χ1) is 18.9. The molecule has 6 rings (SSSR count). The molecule has 1 N–H and O–H groups in total. The number of carbonyl (C=O) groups is 1. The highest BCUT2D eigenvalue weighted by Crippen LogP contribution is 2.51. The Morgan fingerprint density at radius 1 is 1.18 bits per heavy atom. The van der Waals surface area contributed by atoms with Crippen molar-refractivity contribution in [2.24, 2.45) is 14.1 Å². The van der Waals surface area contributed by atoms with Crippen LogP contribution in [0.3, 0.4) is 0 Å². The number of benzene rings is 2. The van der Waals surface area contributed by atoms with Crippen LogP contribution in [-0.4, -0.2) is 39.0 Å². The van der Waals surface area contributed by atoms with Gasteiger partial charge >= 0.3 is 6.18 Å². The second kappa shape index (κ2) is 9.44. The lowest BCUT2D eigenvalue weighted by Gasteiger charge is -2.48. The van der Waals surface area contributed by atoms with Crippen LogP contribution in [0.15, 0.2) is 36.4 Å². The molecule has 3 aromatic rings. The van der Waals surface area contributed by atoms with Crippen LogP contribution in [0.1, 0.15) is 78.9 Å². The first kappa shape index (κ1) is 27.0. The Labute approximate surface area is 231 Å². The molecule has 1 aliphatic heterocycles. The lowest BCUT2D eigenvalue weighted by molar-refractivity contribution is -0.138. The number of carbonyl (C=O) groups excluding carboxylic acids is 1. The van der Waals surface area contributed by atoms with Crippen molar-refractivity contribution in [2.75, 3.05) is 11.8 Å². The number of aryl methyl sites for hydroxylation is 1. The first-order valence-electron chi connectivity index (χ1n) is 13.6. The van der Waals surface area contributed by atoms with E-state index in [1.54, 1.807) is 23.0 Å². The maximum Gasteiger partial charge on any atom is 0.416 e. The number of nitrogens with one attached hydrogen (secondary N) is 1. The zero-order valence-corrected chi connectivity index (χ0v) is 22.8. The molecule has 2 aromatic carbocycles. The number of nitrogens with zero attached hydrogens (tertiary/aromatic N) is 4. The van der Waals surface area contributed by atoms with Gasteiger partial charge in [0.05, 0.1) is 23.6 Å². The van der Waals surface area contributed by atoms with Crippen LogP contribution in [0.5, 0.6) is 0 Å². The van der Waals surface area contributed by atoms with Gasteiger partial charge in [0.2, 0.25) is 0 Å². The molecule has 11 heteroatoms. The third-order valence-corrected chi connectivity index (χ3v) is 9.15. The van der Waals surface area contributed by atoms with Crippen LogP contribution in [0, 0.1) is 0 Å². The van der Waals surface area contributed by atoms with Crippen molar-refractivity contribution in [3.63, 3.8) is 0 Å². The molecule has 2 saturated carbocycles. The number of anilines is 1. The molecular formula is C29H35F4N5O2. The fourth-order valence-electron chi connectivity index (χ4n) is 6.45. The van der Waals surface area contributed by atoms with Crippen LogP contribution in [0.4, 0.5) is 23.2 Å². The molecule has 2 heterocycles. The Morgan fingerprint density at radius 2 is 1.93 bits per heavy atom. The third kappa shape index (κ3) is 4.34. The van der Waals surface area contributed by atoms with Gasteiger partial charge in [-0.3, -0.25) is 9.48 Å². The van der Waals surface area contributed by atoms with Crippen LogP contribution >= 0.6 is 0 Å². The van der Waals surface area contributed by atoms with Gasteiger partial charge in [0.15, 0.2) is 12.7 Å². The van der Waals surface area contributed by atoms with Crippen LogP contribution < -0.4 is 10.2 Å². The van der Waals surface area contributed by atoms with Gasteiger partial charge < -0.3 is 15.0 Å². The van der Waals surface area contributed by atoms with Gasteiger partial charge in [0.25, 0.3) is 5.91 Å². The molecular weight excluding hydrogens is 526 g/mol. The molecule has 2 aliphatic carbocycles. The molecule has 3 aliphatic rings. The van der Waals surface area contributed by atoms with Crippen LogP contribution in [0.2, 0.25) is 0 Å². The fraction of sp³-hybridized carbons (Fsp3) is 0.517. The highest BCUT2D eigenvalue weighted by molar-refractivity contribution is 6.10. The van der Waals surface area contributed by atoms with Crippen molar-refractivity contribution < 1.29 is 28.5 Å².